The van der Waals surface area contributed by atoms with Gasteiger partial charge in [0.1, 0.15) is 11.6 Å². The predicted octanol–water partition coefficient (Wildman–Crippen LogP) is 3.94. The first-order valence-electron chi connectivity index (χ1n) is 11.0. The molecule has 158 valence electrons. The summed E-state index contributed by atoms with van der Waals surface area (Å²) >= 11 is 0. The summed E-state index contributed by atoms with van der Waals surface area (Å²) in [5.74, 6) is 1.06. The lowest BCUT2D eigenvalue weighted by Gasteiger charge is -2.48. The summed E-state index contributed by atoms with van der Waals surface area (Å²) in [6.45, 7) is 7.05. The highest BCUT2D eigenvalue weighted by Crippen LogP contribution is 2.52. The average Bonchev–Trinajstić information content (AvgIpc) is 2.77. The number of carbonyl (C=O) groups is 1. The van der Waals surface area contributed by atoms with Crippen LogP contribution in [0.15, 0.2) is 24.3 Å². The van der Waals surface area contributed by atoms with Gasteiger partial charge in [0.05, 0.1) is 24.6 Å². The van der Waals surface area contributed by atoms with Gasteiger partial charge in [-0.15, -0.1) is 0 Å². The van der Waals surface area contributed by atoms with Crippen molar-refractivity contribution in [3.8, 4) is 11.3 Å². The van der Waals surface area contributed by atoms with Crippen molar-refractivity contribution in [1.29, 1.82) is 0 Å². The lowest BCUT2D eigenvalue weighted by Crippen LogP contribution is -2.48. The van der Waals surface area contributed by atoms with Gasteiger partial charge >= 0.3 is 0 Å². The third kappa shape index (κ3) is 3.04. The number of carbonyl (C=O) groups excluding carboxylic acids is 1. The smallest absolute Gasteiger partial charge is 0.226 e. The molecule has 2 aromatic rings. The molecule has 5 rings (SSSR count). The highest BCUT2D eigenvalue weighted by atomic mass is 19.1. The summed E-state index contributed by atoms with van der Waals surface area (Å²) < 4.78 is 20.3. The largest absolute Gasteiger partial charge is 0.378 e. The van der Waals surface area contributed by atoms with E-state index in [1.54, 1.807) is 6.07 Å². The first kappa shape index (κ1) is 19.6. The van der Waals surface area contributed by atoms with Crippen LogP contribution in [0.4, 0.5) is 10.3 Å². The van der Waals surface area contributed by atoms with Crippen LogP contribution in [0.25, 0.3) is 11.3 Å². The van der Waals surface area contributed by atoms with Gasteiger partial charge in [0.25, 0.3) is 0 Å². The Hall–Kier alpha value is -2.34. The molecule has 2 fully saturated rings. The molecule has 1 aromatic heterocycles. The second kappa shape index (κ2) is 7.41. The van der Waals surface area contributed by atoms with Crippen molar-refractivity contribution in [3.05, 3.63) is 41.3 Å². The molecule has 3 atom stereocenters. The van der Waals surface area contributed by atoms with Gasteiger partial charge in [-0.25, -0.2) is 14.4 Å². The molecular weight excluding hydrogens is 381 g/mol. The molecule has 0 spiro atoms. The number of halogens is 1. The van der Waals surface area contributed by atoms with E-state index in [1.165, 1.54) is 6.07 Å². The second-order valence-corrected chi connectivity index (χ2v) is 9.10. The Bertz CT molecular complexity index is 988. The molecule has 5 nitrogen and oxygen atoms in total. The zero-order valence-electron chi connectivity index (χ0n) is 17.7. The molecule has 0 radical (unpaired) electrons. The van der Waals surface area contributed by atoms with Crippen molar-refractivity contribution in [1.82, 2.24) is 9.97 Å². The lowest BCUT2D eigenvalue weighted by molar-refractivity contribution is -0.128. The Morgan fingerprint density at radius 1 is 1.17 bits per heavy atom. The number of anilines is 1. The highest BCUT2D eigenvalue weighted by molar-refractivity contribution is 5.82. The fraction of sp³-hybridized carbons (Fsp3) is 0.542. The number of fused-ring (bicyclic) bond motifs is 3. The maximum atomic E-state index is 14.8. The Balaban J connectivity index is 1.71. The quantitative estimate of drug-likeness (QED) is 0.752. The van der Waals surface area contributed by atoms with Crippen molar-refractivity contribution < 1.29 is 13.9 Å². The first-order valence-corrected chi connectivity index (χ1v) is 11.0. The van der Waals surface area contributed by atoms with Gasteiger partial charge < -0.3 is 9.64 Å². The number of benzene rings is 1. The van der Waals surface area contributed by atoms with E-state index in [4.69, 9.17) is 14.7 Å². The number of rotatable bonds is 2. The van der Waals surface area contributed by atoms with Crippen LogP contribution in [0.2, 0.25) is 0 Å². The van der Waals surface area contributed by atoms with Crippen molar-refractivity contribution >= 4 is 11.7 Å². The Kier molecular flexibility index (Phi) is 4.85. The van der Waals surface area contributed by atoms with Gasteiger partial charge in [0.2, 0.25) is 5.95 Å². The fourth-order valence-corrected chi connectivity index (χ4v) is 5.70. The van der Waals surface area contributed by atoms with E-state index in [0.717, 1.165) is 43.6 Å². The van der Waals surface area contributed by atoms with Crippen LogP contribution >= 0.6 is 0 Å². The third-order valence-corrected chi connectivity index (χ3v) is 7.49. The monoisotopic (exact) mass is 409 g/mol. The van der Waals surface area contributed by atoms with Crippen LogP contribution < -0.4 is 4.90 Å². The van der Waals surface area contributed by atoms with E-state index in [9.17, 15) is 9.18 Å². The molecule has 3 aliphatic rings. The fourth-order valence-electron chi connectivity index (χ4n) is 5.70. The van der Waals surface area contributed by atoms with Crippen LogP contribution in [0.5, 0.6) is 0 Å². The number of hydrogen-bond donors (Lipinski definition) is 0. The molecular formula is C24H28FN3O2. The summed E-state index contributed by atoms with van der Waals surface area (Å²) in [6.07, 6.45) is 3.07. The van der Waals surface area contributed by atoms with Gasteiger partial charge in [-0.2, -0.15) is 0 Å². The van der Waals surface area contributed by atoms with Crippen molar-refractivity contribution in [2.75, 3.05) is 31.2 Å². The maximum absolute atomic E-state index is 14.8. The van der Waals surface area contributed by atoms with Gasteiger partial charge in [-0.3, -0.25) is 4.79 Å². The summed E-state index contributed by atoms with van der Waals surface area (Å²) in [4.78, 5) is 24.6. The lowest BCUT2D eigenvalue weighted by atomic mass is 9.56. The number of aromatic nitrogens is 2. The summed E-state index contributed by atoms with van der Waals surface area (Å²) in [6, 6.07) is 6.87. The van der Waals surface area contributed by atoms with E-state index < -0.39 is 0 Å². The maximum Gasteiger partial charge on any atom is 0.226 e. The zero-order valence-corrected chi connectivity index (χ0v) is 17.7. The summed E-state index contributed by atoms with van der Waals surface area (Å²) in [7, 11) is 0. The Morgan fingerprint density at radius 2 is 1.93 bits per heavy atom. The number of ketones is 1. The number of nitrogens with zero attached hydrogens (tertiary/aromatic N) is 3. The van der Waals surface area contributed by atoms with Gasteiger partial charge in [-0.1, -0.05) is 26.0 Å². The van der Waals surface area contributed by atoms with E-state index >= 15 is 0 Å². The topological polar surface area (TPSA) is 55.3 Å². The van der Waals surface area contributed by atoms with Crippen LogP contribution in [0, 0.1) is 17.7 Å². The minimum Gasteiger partial charge on any atom is -0.378 e. The van der Waals surface area contributed by atoms with E-state index in [2.05, 4.69) is 18.7 Å². The molecule has 0 bridgehead atoms. The first-order chi connectivity index (χ1) is 14.5. The predicted molar refractivity (Wildman–Crippen MR) is 113 cm³/mol. The standard InChI is InChI=1S/C24H28FN3O2/c1-15-18-8-7-17-21(16-5-3-4-6-19(16)25)26-23(28-11-13-30-14-12-28)27-22(17)24(18,2)10-9-20(15)29/h3-6,15,18H,7-14H2,1-2H3/t15-,18-,24-/m1/s1. The van der Waals surface area contributed by atoms with Crippen molar-refractivity contribution in [3.63, 3.8) is 0 Å². The van der Waals surface area contributed by atoms with E-state index in [1.807, 2.05) is 12.1 Å². The minimum atomic E-state index is -0.259. The highest BCUT2D eigenvalue weighted by Gasteiger charge is 2.50. The van der Waals surface area contributed by atoms with Crippen molar-refractivity contribution in [2.45, 2.75) is 44.9 Å². The SMILES string of the molecule is C[C@H]1C(=O)CC[C@@]2(C)c3nc(N4CCOCC4)nc(-c4ccccc4F)c3CC[C@H]12. The zero-order chi connectivity index (χ0) is 20.9. The summed E-state index contributed by atoms with van der Waals surface area (Å²) in [5.41, 5.74) is 3.13. The normalized spacial score (nSPS) is 28.8. The van der Waals surface area contributed by atoms with Gasteiger partial charge in [0.15, 0.2) is 0 Å². The molecule has 6 heteroatoms. The van der Waals surface area contributed by atoms with Gasteiger partial charge in [-0.05, 0) is 37.3 Å². The minimum absolute atomic E-state index is 0.0376. The van der Waals surface area contributed by atoms with Crippen LogP contribution in [-0.4, -0.2) is 42.1 Å². The molecule has 1 saturated carbocycles. The Labute approximate surface area is 176 Å². The molecule has 2 heterocycles. The molecule has 1 saturated heterocycles. The third-order valence-electron chi connectivity index (χ3n) is 7.49. The van der Waals surface area contributed by atoms with Crippen molar-refractivity contribution in [2.24, 2.45) is 11.8 Å². The molecule has 1 aliphatic heterocycles. The molecule has 2 aliphatic carbocycles. The van der Waals surface area contributed by atoms with Crippen LogP contribution in [0.1, 0.15) is 44.4 Å². The van der Waals surface area contributed by atoms with E-state index in [-0.39, 0.29) is 23.1 Å². The number of morpholine rings is 1. The number of ether oxygens (including phenoxy) is 1. The molecule has 30 heavy (non-hydrogen) atoms. The molecule has 0 N–H and O–H groups in total. The second-order valence-electron chi connectivity index (χ2n) is 9.10. The molecule has 1 aromatic carbocycles. The number of Topliss-reactive ketones (excluding diaryl/α,β-unsaturated/α-hetero) is 1. The summed E-state index contributed by atoms with van der Waals surface area (Å²) in [5, 5.41) is 0. The molecule has 0 amide bonds. The Morgan fingerprint density at radius 3 is 2.70 bits per heavy atom. The number of hydrogen-bond acceptors (Lipinski definition) is 5. The van der Waals surface area contributed by atoms with Crippen LogP contribution in [0.3, 0.4) is 0 Å². The molecule has 0 unspecified atom stereocenters. The van der Waals surface area contributed by atoms with Crippen LogP contribution in [-0.2, 0) is 21.4 Å². The van der Waals surface area contributed by atoms with Gasteiger partial charge in [0, 0.05) is 42.0 Å². The average molecular weight is 410 g/mol. The van der Waals surface area contributed by atoms with E-state index in [0.29, 0.717) is 42.6 Å².